The Morgan fingerprint density at radius 3 is 2.21 bits per heavy atom. The van der Waals surface area contributed by atoms with Crippen molar-refractivity contribution in [1.82, 2.24) is 10.3 Å². The van der Waals surface area contributed by atoms with Crippen molar-refractivity contribution in [3.63, 3.8) is 0 Å². The van der Waals surface area contributed by atoms with Crippen LogP contribution in [0.1, 0.15) is 39.2 Å². The second kappa shape index (κ2) is 11.9. The smallest absolute Gasteiger partial charge is 0.336 e. The number of thiazole rings is 1. The molecular weight excluding hydrogens is 520 g/mol. The average Bonchev–Trinajstić information content (AvgIpc) is 3.37. The molecule has 0 spiro atoms. The molecule has 11 heteroatoms. The van der Waals surface area contributed by atoms with E-state index in [0.717, 1.165) is 0 Å². The lowest BCUT2D eigenvalue weighted by Crippen LogP contribution is -2.32. The van der Waals surface area contributed by atoms with Gasteiger partial charge in [0.25, 0.3) is 5.69 Å². The molecule has 1 aliphatic rings. The van der Waals surface area contributed by atoms with Crippen LogP contribution in [0, 0.1) is 10.1 Å². The Bertz CT molecular complexity index is 1450. The number of hydrogen-bond donors (Lipinski definition) is 2. The molecule has 0 saturated carbocycles. The van der Waals surface area contributed by atoms with Crippen molar-refractivity contribution < 1.29 is 24.0 Å². The number of nitrogens with zero attached hydrogens (tertiary/aromatic N) is 2. The van der Waals surface area contributed by atoms with Gasteiger partial charge in [0.2, 0.25) is 0 Å². The van der Waals surface area contributed by atoms with Gasteiger partial charge in [-0.25, -0.2) is 14.6 Å². The molecule has 0 bridgehead atoms. The number of nitro benzene ring substituents is 1. The summed E-state index contributed by atoms with van der Waals surface area (Å²) in [5.41, 5.74) is 3.84. The van der Waals surface area contributed by atoms with Crippen molar-refractivity contribution in [3.05, 3.63) is 92.1 Å². The van der Waals surface area contributed by atoms with Gasteiger partial charge in [-0.2, -0.15) is 0 Å². The number of anilines is 2. The summed E-state index contributed by atoms with van der Waals surface area (Å²) < 4.78 is 10.7. The second-order valence-corrected chi connectivity index (χ2v) is 9.46. The number of esters is 2. The highest BCUT2D eigenvalue weighted by Gasteiger charge is 2.39. The summed E-state index contributed by atoms with van der Waals surface area (Å²) in [5, 5.41) is 20.2. The first-order valence-corrected chi connectivity index (χ1v) is 13.2. The summed E-state index contributed by atoms with van der Waals surface area (Å²) in [6, 6.07) is 13.7. The van der Waals surface area contributed by atoms with Crippen molar-refractivity contribution in [2.75, 3.05) is 18.5 Å². The predicted octanol–water partition coefficient (Wildman–Crippen LogP) is 5.82. The van der Waals surface area contributed by atoms with Gasteiger partial charge in [-0.1, -0.05) is 30.3 Å². The van der Waals surface area contributed by atoms with Crippen molar-refractivity contribution in [3.8, 4) is 11.3 Å². The minimum atomic E-state index is -0.775. The molecule has 0 amide bonds. The Kier molecular flexibility index (Phi) is 8.40. The number of para-hydroxylation sites is 2. The van der Waals surface area contributed by atoms with Crippen molar-refractivity contribution >= 4 is 39.8 Å². The fraction of sp³-hybridized carbons (Fsp3) is 0.250. The van der Waals surface area contributed by atoms with E-state index in [4.69, 9.17) is 9.47 Å². The number of aromatic nitrogens is 1. The summed E-state index contributed by atoms with van der Waals surface area (Å²) in [6.07, 6.45) is 0. The molecule has 2 N–H and O–H groups in total. The number of dihydropyridines is 1. The number of carbonyl (C=O) groups is 2. The molecule has 4 rings (SSSR count). The molecule has 202 valence electrons. The molecular formula is C28H28N4O6S. The fourth-order valence-electron chi connectivity index (χ4n) is 4.55. The minimum Gasteiger partial charge on any atom is -0.463 e. The Hall–Kier alpha value is -4.51. The summed E-state index contributed by atoms with van der Waals surface area (Å²) >= 11 is 1.28. The number of ether oxygens (including phenoxy) is 2. The summed E-state index contributed by atoms with van der Waals surface area (Å²) in [6.45, 7) is 7.32. The minimum absolute atomic E-state index is 0.0381. The van der Waals surface area contributed by atoms with E-state index in [-0.39, 0.29) is 18.9 Å². The maximum Gasteiger partial charge on any atom is 0.336 e. The van der Waals surface area contributed by atoms with Crippen LogP contribution in [0.2, 0.25) is 0 Å². The standard InChI is InChI=1S/C28H28N4O6S/c1-5-37-26(33)23-16(3)29-17(4)24(27(34)38-6-2)25(23)19-12-7-9-13-20(19)30-28-31-21(15-39-28)18-11-8-10-14-22(18)32(35)36/h7-15,25,29H,5-6H2,1-4H3,(H,30,31). The maximum atomic E-state index is 13.2. The number of nitro groups is 1. The number of nitrogens with one attached hydrogen (secondary N) is 2. The van der Waals surface area contributed by atoms with E-state index in [0.29, 0.717) is 50.2 Å². The normalized spacial score (nSPS) is 13.6. The lowest BCUT2D eigenvalue weighted by Gasteiger charge is -2.31. The van der Waals surface area contributed by atoms with Crippen molar-refractivity contribution in [2.24, 2.45) is 0 Å². The molecule has 0 aliphatic carbocycles. The molecule has 0 fully saturated rings. The number of carbonyl (C=O) groups excluding carboxylic acids is 2. The third-order valence-electron chi connectivity index (χ3n) is 6.15. The Morgan fingerprint density at radius 2 is 1.59 bits per heavy atom. The van der Waals surface area contributed by atoms with Gasteiger partial charge in [-0.05, 0) is 45.4 Å². The fourth-order valence-corrected chi connectivity index (χ4v) is 5.27. The van der Waals surface area contributed by atoms with Crippen LogP contribution in [-0.4, -0.2) is 35.1 Å². The van der Waals surface area contributed by atoms with E-state index in [2.05, 4.69) is 15.6 Å². The SMILES string of the molecule is CCOC(=O)C1=C(C)NC(C)=C(C(=O)OCC)C1c1ccccc1Nc1nc(-c2ccccc2[N+](=O)[O-])cs1. The molecule has 0 unspecified atom stereocenters. The first-order valence-electron chi connectivity index (χ1n) is 12.3. The predicted molar refractivity (Wildman–Crippen MR) is 148 cm³/mol. The van der Waals surface area contributed by atoms with Crippen LogP contribution in [-0.2, 0) is 19.1 Å². The van der Waals surface area contributed by atoms with E-state index < -0.39 is 22.8 Å². The van der Waals surface area contributed by atoms with Crippen LogP contribution >= 0.6 is 11.3 Å². The monoisotopic (exact) mass is 548 g/mol. The highest BCUT2D eigenvalue weighted by atomic mass is 32.1. The van der Waals surface area contributed by atoms with Crippen molar-refractivity contribution in [2.45, 2.75) is 33.6 Å². The molecule has 2 heterocycles. The average molecular weight is 549 g/mol. The molecule has 1 aromatic heterocycles. The van der Waals surface area contributed by atoms with Gasteiger partial charge in [0.15, 0.2) is 5.13 Å². The van der Waals surface area contributed by atoms with E-state index in [1.165, 1.54) is 17.4 Å². The molecule has 0 saturated heterocycles. The number of rotatable bonds is 9. The van der Waals surface area contributed by atoms with Crippen LogP contribution in [0.25, 0.3) is 11.3 Å². The molecule has 0 atom stereocenters. The molecule has 2 aromatic carbocycles. The first kappa shape index (κ1) is 27.5. The van der Waals surface area contributed by atoms with Crippen molar-refractivity contribution in [1.29, 1.82) is 0 Å². The topological polar surface area (TPSA) is 133 Å². The summed E-state index contributed by atoms with van der Waals surface area (Å²) in [7, 11) is 0. The van der Waals surface area contributed by atoms with Gasteiger partial charge in [0, 0.05) is 28.5 Å². The Balaban J connectivity index is 1.79. The number of allylic oxidation sites excluding steroid dienone is 2. The van der Waals surface area contributed by atoms with E-state index in [1.54, 1.807) is 51.3 Å². The molecule has 1 aliphatic heterocycles. The highest BCUT2D eigenvalue weighted by molar-refractivity contribution is 7.14. The second-order valence-electron chi connectivity index (χ2n) is 8.60. The number of hydrogen-bond acceptors (Lipinski definition) is 10. The van der Waals surface area contributed by atoms with Gasteiger partial charge >= 0.3 is 11.9 Å². The zero-order valence-electron chi connectivity index (χ0n) is 21.9. The van der Waals surface area contributed by atoms with E-state index in [1.807, 2.05) is 24.3 Å². The quantitative estimate of drug-likeness (QED) is 0.193. The lowest BCUT2D eigenvalue weighted by atomic mass is 9.79. The first-order chi connectivity index (χ1) is 18.8. The van der Waals surface area contributed by atoms with Crippen LogP contribution < -0.4 is 10.6 Å². The zero-order valence-corrected chi connectivity index (χ0v) is 22.8. The van der Waals surface area contributed by atoms with Crippen LogP contribution in [0.3, 0.4) is 0 Å². The van der Waals surface area contributed by atoms with Gasteiger partial charge in [-0.15, -0.1) is 11.3 Å². The molecule has 3 aromatic rings. The van der Waals surface area contributed by atoms with Crippen LogP contribution in [0.15, 0.2) is 76.5 Å². The molecule has 0 radical (unpaired) electrons. The molecule has 10 nitrogen and oxygen atoms in total. The summed E-state index contributed by atoms with van der Waals surface area (Å²) in [5.74, 6) is -1.85. The van der Waals surface area contributed by atoms with Crippen LogP contribution in [0.4, 0.5) is 16.5 Å². The Morgan fingerprint density at radius 1 is 1.00 bits per heavy atom. The third kappa shape index (κ3) is 5.68. The van der Waals surface area contributed by atoms with E-state index >= 15 is 0 Å². The van der Waals surface area contributed by atoms with Gasteiger partial charge in [0.1, 0.15) is 0 Å². The van der Waals surface area contributed by atoms with E-state index in [9.17, 15) is 19.7 Å². The number of benzene rings is 2. The van der Waals surface area contributed by atoms with Crippen LogP contribution in [0.5, 0.6) is 0 Å². The summed E-state index contributed by atoms with van der Waals surface area (Å²) in [4.78, 5) is 42.0. The Labute approximate surface area is 229 Å². The zero-order chi connectivity index (χ0) is 28.1. The molecule has 39 heavy (non-hydrogen) atoms. The maximum absolute atomic E-state index is 13.2. The van der Waals surface area contributed by atoms with Gasteiger partial charge in [-0.3, -0.25) is 10.1 Å². The third-order valence-corrected chi connectivity index (χ3v) is 6.90. The largest absolute Gasteiger partial charge is 0.463 e. The van der Waals surface area contributed by atoms with Gasteiger partial charge < -0.3 is 20.1 Å². The highest BCUT2D eigenvalue weighted by Crippen LogP contribution is 2.43. The lowest BCUT2D eigenvalue weighted by molar-refractivity contribution is -0.384. The van der Waals surface area contributed by atoms with Gasteiger partial charge in [0.05, 0.1) is 46.5 Å².